The molecule has 0 saturated heterocycles. The van der Waals surface area contributed by atoms with Crippen molar-refractivity contribution >= 4 is 11.6 Å². The van der Waals surface area contributed by atoms with Gasteiger partial charge in [0.25, 0.3) is 5.91 Å². The Kier molecular flexibility index (Phi) is 4.33. The fraction of sp³-hybridized carbons (Fsp3) is 0.118. The first-order valence-corrected chi connectivity index (χ1v) is 7.17. The Balaban J connectivity index is 1.68. The Morgan fingerprint density at radius 3 is 2.83 bits per heavy atom. The first kappa shape index (κ1) is 14.8. The van der Waals surface area contributed by atoms with E-state index >= 15 is 0 Å². The van der Waals surface area contributed by atoms with Crippen LogP contribution in [0.1, 0.15) is 5.56 Å². The molecule has 116 valence electrons. The third-order valence-corrected chi connectivity index (χ3v) is 3.23. The highest BCUT2D eigenvalue weighted by molar-refractivity contribution is 5.93. The van der Waals surface area contributed by atoms with Crippen molar-refractivity contribution in [2.24, 2.45) is 0 Å². The summed E-state index contributed by atoms with van der Waals surface area (Å²) in [4.78, 5) is 16.4. The Morgan fingerprint density at radius 2 is 2.04 bits per heavy atom. The molecule has 6 heteroatoms. The number of nitrogens with one attached hydrogen (secondary N) is 1. The van der Waals surface area contributed by atoms with Crippen molar-refractivity contribution in [3.8, 4) is 11.6 Å². The van der Waals surface area contributed by atoms with Gasteiger partial charge in [0.15, 0.2) is 12.4 Å². The number of anilines is 1. The number of hydrogen-bond acceptors (Lipinski definition) is 4. The number of rotatable bonds is 5. The van der Waals surface area contributed by atoms with Gasteiger partial charge in [0.2, 0.25) is 0 Å². The van der Waals surface area contributed by atoms with Crippen LogP contribution in [0.5, 0.6) is 5.75 Å². The monoisotopic (exact) mass is 308 g/mol. The second-order valence-corrected chi connectivity index (χ2v) is 4.93. The molecule has 6 nitrogen and oxygen atoms in total. The SMILES string of the molecule is Cc1ccccc1OCC(=O)Nc1cccnc1-n1cccn1. The van der Waals surface area contributed by atoms with E-state index in [1.54, 1.807) is 41.5 Å². The van der Waals surface area contributed by atoms with Crippen molar-refractivity contribution in [2.45, 2.75) is 6.92 Å². The zero-order valence-electron chi connectivity index (χ0n) is 12.6. The topological polar surface area (TPSA) is 69.0 Å². The summed E-state index contributed by atoms with van der Waals surface area (Å²) >= 11 is 0. The molecule has 0 unspecified atom stereocenters. The third kappa shape index (κ3) is 3.55. The summed E-state index contributed by atoms with van der Waals surface area (Å²) in [5.74, 6) is 0.998. The predicted octanol–water partition coefficient (Wildman–Crippen LogP) is 2.59. The Labute approximate surface area is 133 Å². The summed E-state index contributed by atoms with van der Waals surface area (Å²) in [5.41, 5.74) is 1.56. The molecule has 0 saturated carbocycles. The Hall–Kier alpha value is -3.15. The van der Waals surface area contributed by atoms with Gasteiger partial charge in [-0.3, -0.25) is 4.79 Å². The molecule has 0 spiro atoms. The van der Waals surface area contributed by atoms with Crippen molar-refractivity contribution in [1.82, 2.24) is 14.8 Å². The van der Waals surface area contributed by atoms with Gasteiger partial charge in [-0.15, -0.1) is 0 Å². The summed E-state index contributed by atoms with van der Waals surface area (Å²) in [6.07, 6.45) is 5.07. The van der Waals surface area contributed by atoms with Gasteiger partial charge >= 0.3 is 0 Å². The molecule has 0 radical (unpaired) electrons. The van der Waals surface area contributed by atoms with Gasteiger partial charge in [-0.2, -0.15) is 5.10 Å². The number of amides is 1. The highest BCUT2D eigenvalue weighted by Crippen LogP contribution is 2.18. The number of carbonyl (C=O) groups is 1. The van der Waals surface area contributed by atoms with E-state index in [4.69, 9.17) is 4.74 Å². The lowest BCUT2D eigenvalue weighted by molar-refractivity contribution is -0.118. The maximum atomic E-state index is 12.1. The summed E-state index contributed by atoms with van der Waals surface area (Å²) in [5, 5.41) is 6.93. The van der Waals surface area contributed by atoms with Gasteiger partial charge in [0.1, 0.15) is 5.75 Å². The van der Waals surface area contributed by atoms with Crippen LogP contribution in [0.25, 0.3) is 5.82 Å². The van der Waals surface area contributed by atoms with E-state index in [1.165, 1.54) is 0 Å². The fourth-order valence-electron chi connectivity index (χ4n) is 2.12. The standard InChI is InChI=1S/C17H16N4O2/c1-13-6-2-3-8-15(13)23-12-16(22)20-14-7-4-9-18-17(14)21-11-5-10-19-21/h2-11H,12H2,1H3,(H,20,22). The Bertz CT molecular complexity index is 800. The zero-order chi connectivity index (χ0) is 16.1. The number of carbonyl (C=O) groups excluding carboxylic acids is 1. The lowest BCUT2D eigenvalue weighted by Crippen LogP contribution is -2.21. The normalized spacial score (nSPS) is 10.3. The number of aryl methyl sites for hydroxylation is 1. The quantitative estimate of drug-likeness (QED) is 0.786. The van der Waals surface area contributed by atoms with E-state index in [0.29, 0.717) is 17.3 Å². The van der Waals surface area contributed by atoms with E-state index in [9.17, 15) is 4.79 Å². The number of pyridine rings is 1. The van der Waals surface area contributed by atoms with Crippen molar-refractivity contribution < 1.29 is 9.53 Å². The molecule has 3 aromatic rings. The van der Waals surface area contributed by atoms with Crippen molar-refractivity contribution in [2.75, 3.05) is 11.9 Å². The molecular formula is C17H16N4O2. The molecule has 0 aliphatic carbocycles. The molecule has 1 aromatic carbocycles. The smallest absolute Gasteiger partial charge is 0.262 e. The molecule has 3 rings (SSSR count). The first-order chi connectivity index (χ1) is 11.2. The number of aromatic nitrogens is 3. The summed E-state index contributed by atoms with van der Waals surface area (Å²) in [6, 6.07) is 12.9. The molecule has 0 fully saturated rings. The molecule has 2 aromatic heterocycles. The Morgan fingerprint density at radius 1 is 1.17 bits per heavy atom. The van der Waals surface area contributed by atoms with Gasteiger partial charge in [0, 0.05) is 18.6 Å². The number of benzene rings is 1. The van der Waals surface area contributed by atoms with Gasteiger partial charge in [0.05, 0.1) is 5.69 Å². The van der Waals surface area contributed by atoms with Gasteiger partial charge in [-0.25, -0.2) is 9.67 Å². The molecule has 0 bridgehead atoms. The molecule has 23 heavy (non-hydrogen) atoms. The maximum absolute atomic E-state index is 12.1. The number of hydrogen-bond donors (Lipinski definition) is 1. The highest BCUT2D eigenvalue weighted by atomic mass is 16.5. The number of nitrogens with zero attached hydrogens (tertiary/aromatic N) is 3. The van der Waals surface area contributed by atoms with Crippen LogP contribution < -0.4 is 10.1 Å². The second-order valence-electron chi connectivity index (χ2n) is 4.93. The number of ether oxygens (including phenoxy) is 1. The fourth-order valence-corrected chi connectivity index (χ4v) is 2.12. The summed E-state index contributed by atoms with van der Waals surface area (Å²) in [6.45, 7) is 1.86. The highest BCUT2D eigenvalue weighted by Gasteiger charge is 2.10. The second kappa shape index (κ2) is 6.74. The molecule has 1 N–H and O–H groups in total. The lowest BCUT2D eigenvalue weighted by atomic mass is 10.2. The zero-order valence-corrected chi connectivity index (χ0v) is 12.6. The van der Waals surface area contributed by atoms with E-state index in [0.717, 1.165) is 5.56 Å². The average Bonchev–Trinajstić information content (AvgIpc) is 3.09. The van der Waals surface area contributed by atoms with E-state index in [-0.39, 0.29) is 12.5 Å². The maximum Gasteiger partial charge on any atom is 0.262 e. The minimum absolute atomic E-state index is 0.0711. The predicted molar refractivity (Wildman–Crippen MR) is 86.7 cm³/mol. The van der Waals surface area contributed by atoms with Crippen LogP contribution in [0, 0.1) is 6.92 Å². The molecule has 0 aliphatic heterocycles. The van der Waals surface area contributed by atoms with E-state index in [1.807, 2.05) is 31.2 Å². The van der Waals surface area contributed by atoms with Crippen LogP contribution in [0.3, 0.4) is 0 Å². The van der Waals surface area contributed by atoms with E-state index in [2.05, 4.69) is 15.4 Å². The molecule has 0 atom stereocenters. The van der Waals surface area contributed by atoms with Crippen LogP contribution in [0.4, 0.5) is 5.69 Å². The van der Waals surface area contributed by atoms with Crippen LogP contribution in [-0.2, 0) is 4.79 Å². The van der Waals surface area contributed by atoms with Gasteiger partial charge in [-0.05, 0) is 36.8 Å². The minimum Gasteiger partial charge on any atom is -0.483 e. The van der Waals surface area contributed by atoms with Crippen LogP contribution in [0.15, 0.2) is 61.1 Å². The summed E-state index contributed by atoms with van der Waals surface area (Å²) < 4.78 is 7.14. The van der Waals surface area contributed by atoms with Crippen molar-refractivity contribution in [3.63, 3.8) is 0 Å². The van der Waals surface area contributed by atoms with Crippen LogP contribution in [-0.4, -0.2) is 27.3 Å². The lowest BCUT2D eigenvalue weighted by Gasteiger charge is -2.11. The van der Waals surface area contributed by atoms with Crippen molar-refractivity contribution in [3.05, 3.63) is 66.6 Å². The average molecular weight is 308 g/mol. The first-order valence-electron chi connectivity index (χ1n) is 7.17. The van der Waals surface area contributed by atoms with Gasteiger partial charge < -0.3 is 10.1 Å². The molecule has 1 amide bonds. The minimum atomic E-state index is -0.255. The van der Waals surface area contributed by atoms with Gasteiger partial charge in [-0.1, -0.05) is 18.2 Å². The third-order valence-electron chi connectivity index (χ3n) is 3.23. The molecular weight excluding hydrogens is 292 g/mol. The number of para-hydroxylation sites is 1. The molecule has 0 aliphatic rings. The van der Waals surface area contributed by atoms with Crippen LogP contribution in [0.2, 0.25) is 0 Å². The largest absolute Gasteiger partial charge is 0.483 e. The van der Waals surface area contributed by atoms with Crippen LogP contribution >= 0.6 is 0 Å². The van der Waals surface area contributed by atoms with Crippen molar-refractivity contribution in [1.29, 1.82) is 0 Å². The van der Waals surface area contributed by atoms with E-state index < -0.39 is 0 Å². The summed E-state index contributed by atoms with van der Waals surface area (Å²) in [7, 11) is 0. The molecule has 2 heterocycles.